The summed E-state index contributed by atoms with van der Waals surface area (Å²) in [4.78, 5) is 6.16. The molecule has 2 rings (SSSR count). The summed E-state index contributed by atoms with van der Waals surface area (Å²) in [6.07, 6.45) is 3.56. The van der Waals surface area contributed by atoms with Crippen LogP contribution >= 0.6 is 0 Å². The van der Waals surface area contributed by atoms with E-state index in [-0.39, 0.29) is 0 Å². The molecule has 0 amide bonds. The molecule has 2 aromatic rings. The lowest BCUT2D eigenvalue weighted by Gasteiger charge is -2.08. The number of hydrogen-bond donors (Lipinski definition) is 0. The molecule has 0 bridgehead atoms. The minimum Gasteiger partial charge on any atom is -0.382 e. The number of hydrogen-bond acceptors (Lipinski definition) is 3. The van der Waals surface area contributed by atoms with Gasteiger partial charge in [0.2, 0.25) is 0 Å². The molecule has 0 unspecified atom stereocenters. The maximum atomic E-state index is 9.22. The van der Waals surface area contributed by atoms with E-state index in [0.29, 0.717) is 5.57 Å². The highest BCUT2D eigenvalue weighted by molar-refractivity contribution is 5.94. The van der Waals surface area contributed by atoms with Crippen LogP contribution in [0.2, 0.25) is 0 Å². The molecule has 0 saturated heterocycles. The topological polar surface area (TPSA) is 39.9 Å². The Morgan fingerprint density at radius 2 is 2.06 bits per heavy atom. The number of benzene rings is 1. The zero-order valence-electron chi connectivity index (χ0n) is 9.88. The minimum atomic E-state index is 0.647. The Bertz CT molecular complexity index is 601. The van der Waals surface area contributed by atoms with Crippen LogP contribution < -0.4 is 0 Å². The summed E-state index contributed by atoms with van der Waals surface area (Å²) in [7, 11) is 3.81. The van der Waals surface area contributed by atoms with Crippen LogP contribution in [0.4, 0.5) is 0 Å². The van der Waals surface area contributed by atoms with Crippen LogP contribution in [0.15, 0.2) is 42.7 Å². The van der Waals surface area contributed by atoms with Gasteiger partial charge in [0.25, 0.3) is 0 Å². The zero-order chi connectivity index (χ0) is 12.3. The summed E-state index contributed by atoms with van der Waals surface area (Å²) < 4.78 is 0. The highest BCUT2D eigenvalue weighted by Crippen LogP contribution is 2.23. The van der Waals surface area contributed by atoms with E-state index < -0.39 is 0 Å². The molecule has 0 aliphatic heterocycles. The van der Waals surface area contributed by atoms with Gasteiger partial charge >= 0.3 is 0 Å². The predicted octanol–water partition coefficient (Wildman–Crippen LogP) is 2.66. The van der Waals surface area contributed by atoms with E-state index in [4.69, 9.17) is 0 Å². The quantitative estimate of drug-likeness (QED) is 0.735. The van der Waals surface area contributed by atoms with Crippen LogP contribution in [0, 0.1) is 11.3 Å². The average molecular weight is 223 g/mol. The van der Waals surface area contributed by atoms with Crippen LogP contribution in [0.25, 0.3) is 16.5 Å². The van der Waals surface area contributed by atoms with E-state index in [9.17, 15) is 5.26 Å². The fourth-order valence-electron chi connectivity index (χ4n) is 1.75. The number of fused-ring (bicyclic) bond motifs is 1. The molecule has 0 atom stereocenters. The molecule has 3 heteroatoms. The number of rotatable bonds is 2. The highest BCUT2D eigenvalue weighted by atomic mass is 15.0. The molecular weight excluding hydrogens is 210 g/mol. The van der Waals surface area contributed by atoms with E-state index >= 15 is 0 Å². The number of nitriles is 1. The molecule has 0 spiro atoms. The third-order valence-electron chi connectivity index (χ3n) is 2.45. The molecule has 84 valence electrons. The van der Waals surface area contributed by atoms with Crippen LogP contribution in [-0.4, -0.2) is 24.0 Å². The normalized spacial score (nSPS) is 11.2. The largest absolute Gasteiger partial charge is 0.382 e. The van der Waals surface area contributed by atoms with Crippen molar-refractivity contribution >= 4 is 16.5 Å². The van der Waals surface area contributed by atoms with Gasteiger partial charge in [0.05, 0.1) is 11.1 Å². The zero-order valence-corrected chi connectivity index (χ0v) is 9.88. The molecule has 1 aromatic carbocycles. The molecule has 0 aliphatic rings. The third kappa shape index (κ3) is 2.26. The average Bonchev–Trinajstić information content (AvgIpc) is 2.35. The molecule has 0 aliphatic carbocycles. The van der Waals surface area contributed by atoms with Crippen molar-refractivity contribution in [3.05, 3.63) is 48.3 Å². The van der Waals surface area contributed by atoms with Crippen molar-refractivity contribution in [2.75, 3.05) is 14.1 Å². The van der Waals surface area contributed by atoms with E-state index in [0.717, 1.165) is 16.5 Å². The predicted molar refractivity (Wildman–Crippen MR) is 69.0 cm³/mol. The van der Waals surface area contributed by atoms with E-state index in [1.807, 2.05) is 55.5 Å². The van der Waals surface area contributed by atoms with Gasteiger partial charge in [0.15, 0.2) is 0 Å². The van der Waals surface area contributed by atoms with E-state index in [2.05, 4.69) is 11.1 Å². The summed E-state index contributed by atoms with van der Waals surface area (Å²) in [6.45, 7) is 0. The van der Waals surface area contributed by atoms with Crippen molar-refractivity contribution in [2.45, 2.75) is 0 Å². The third-order valence-corrected chi connectivity index (χ3v) is 2.45. The second-order valence-electron chi connectivity index (χ2n) is 3.99. The number of para-hydroxylation sites is 1. The fraction of sp³-hybridized carbons (Fsp3) is 0.143. The SMILES string of the molecule is CN(C)/C=C(\C#N)c1ccnc2ccccc12. The Balaban J connectivity index is 2.67. The Kier molecular flexibility index (Phi) is 3.06. The van der Waals surface area contributed by atoms with Gasteiger partial charge in [-0.15, -0.1) is 0 Å². The first-order valence-electron chi connectivity index (χ1n) is 5.35. The standard InChI is InChI=1S/C14H13N3/c1-17(2)10-11(9-15)12-7-8-16-14-6-4-3-5-13(12)14/h3-8,10H,1-2H3/b11-10+. The van der Waals surface area contributed by atoms with Crippen LogP contribution in [0.3, 0.4) is 0 Å². The molecule has 1 aromatic heterocycles. The van der Waals surface area contributed by atoms with Gasteiger partial charge in [-0.25, -0.2) is 0 Å². The summed E-state index contributed by atoms with van der Waals surface area (Å²) in [5.41, 5.74) is 2.48. The molecule has 0 radical (unpaired) electrons. The molecule has 0 N–H and O–H groups in total. The van der Waals surface area contributed by atoms with E-state index in [1.165, 1.54) is 0 Å². The fourth-order valence-corrected chi connectivity index (χ4v) is 1.75. The highest BCUT2D eigenvalue weighted by Gasteiger charge is 2.06. The second-order valence-corrected chi connectivity index (χ2v) is 3.99. The van der Waals surface area contributed by atoms with Gasteiger partial charge in [-0.3, -0.25) is 4.98 Å². The van der Waals surface area contributed by atoms with Gasteiger partial charge in [-0.2, -0.15) is 5.26 Å². The number of nitrogens with zero attached hydrogens (tertiary/aromatic N) is 3. The number of aromatic nitrogens is 1. The summed E-state index contributed by atoms with van der Waals surface area (Å²) in [5, 5.41) is 10.2. The molecule has 17 heavy (non-hydrogen) atoms. The monoisotopic (exact) mass is 223 g/mol. The van der Waals surface area contributed by atoms with Crippen molar-refractivity contribution in [1.29, 1.82) is 5.26 Å². The van der Waals surface area contributed by atoms with Crippen LogP contribution in [-0.2, 0) is 0 Å². The maximum absolute atomic E-state index is 9.22. The first kappa shape index (κ1) is 11.2. The van der Waals surface area contributed by atoms with Crippen LogP contribution in [0.5, 0.6) is 0 Å². The maximum Gasteiger partial charge on any atom is 0.101 e. The molecule has 1 heterocycles. The first-order valence-corrected chi connectivity index (χ1v) is 5.35. The Morgan fingerprint density at radius 3 is 2.76 bits per heavy atom. The summed E-state index contributed by atoms with van der Waals surface area (Å²) in [6, 6.07) is 11.9. The second kappa shape index (κ2) is 4.67. The lowest BCUT2D eigenvalue weighted by Crippen LogP contribution is -2.02. The van der Waals surface area contributed by atoms with Gasteiger partial charge < -0.3 is 4.90 Å². The molecule has 3 nitrogen and oxygen atoms in total. The van der Waals surface area contributed by atoms with Gasteiger partial charge in [-0.1, -0.05) is 18.2 Å². The van der Waals surface area contributed by atoms with Crippen molar-refractivity contribution in [1.82, 2.24) is 9.88 Å². The van der Waals surface area contributed by atoms with Crippen molar-refractivity contribution in [3.8, 4) is 6.07 Å². The van der Waals surface area contributed by atoms with Crippen LogP contribution in [0.1, 0.15) is 5.56 Å². The Labute approximate surface area is 101 Å². The Hall–Kier alpha value is -2.34. The van der Waals surface area contributed by atoms with Crippen molar-refractivity contribution < 1.29 is 0 Å². The lowest BCUT2D eigenvalue weighted by atomic mass is 10.0. The number of allylic oxidation sites excluding steroid dienone is 1. The minimum absolute atomic E-state index is 0.647. The first-order chi connectivity index (χ1) is 8.22. The molecule has 0 saturated carbocycles. The lowest BCUT2D eigenvalue weighted by molar-refractivity contribution is 0.566. The van der Waals surface area contributed by atoms with Gasteiger partial charge in [-0.05, 0) is 12.1 Å². The van der Waals surface area contributed by atoms with Crippen molar-refractivity contribution in [3.63, 3.8) is 0 Å². The summed E-state index contributed by atoms with van der Waals surface area (Å²) in [5.74, 6) is 0. The van der Waals surface area contributed by atoms with Crippen molar-refractivity contribution in [2.24, 2.45) is 0 Å². The number of pyridine rings is 1. The summed E-state index contributed by atoms with van der Waals surface area (Å²) >= 11 is 0. The molecule has 0 fully saturated rings. The van der Waals surface area contributed by atoms with Gasteiger partial charge in [0.1, 0.15) is 6.07 Å². The van der Waals surface area contributed by atoms with E-state index in [1.54, 1.807) is 6.20 Å². The van der Waals surface area contributed by atoms with Gasteiger partial charge in [0, 0.05) is 37.4 Å². The smallest absolute Gasteiger partial charge is 0.101 e. The molecular formula is C14H13N3. The Morgan fingerprint density at radius 1 is 1.29 bits per heavy atom.